The standard InChI is InChI=1S/C21H21N5O3S/c1-14-12-18(25(2)24-14)30(28,29)26-11-9-21(19(26)15-6-5-10-22-13-15)16-7-3-4-8-17(16)23-20(21)27/h3-8,10,12-13,19H,9,11H2,1-2H3,(H,23,27). The molecule has 0 saturated carbocycles. The molecule has 1 amide bonds. The number of anilines is 1. The summed E-state index contributed by atoms with van der Waals surface area (Å²) in [5.41, 5.74) is 1.84. The molecule has 5 rings (SSSR count). The molecular formula is C21H21N5O3S. The summed E-state index contributed by atoms with van der Waals surface area (Å²) in [5, 5.41) is 7.27. The fraction of sp³-hybridized carbons (Fsp3) is 0.286. The molecule has 1 aromatic carbocycles. The van der Waals surface area contributed by atoms with Crippen LogP contribution >= 0.6 is 0 Å². The number of pyridine rings is 1. The number of benzene rings is 1. The highest BCUT2D eigenvalue weighted by molar-refractivity contribution is 7.89. The first kappa shape index (κ1) is 19.0. The van der Waals surface area contributed by atoms with E-state index in [4.69, 9.17) is 0 Å². The van der Waals surface area contributed by atoms with Crippen molar-refractivity contribution in [1.29, 1.82) is 0 Å². The Labute approximate surface area is 174 Å². The third-order valence-corrected chi connectivity index (χ3v) is 8.00. The van der Waals surface area contributed by atoms with E-state index in [1.54, 1.807) is 38.5 Å². The van der Waals surface area contributed by atoms with Crippen molar-refractivity contribution in [2.75, 3.05) is 11.9 Å². The number of carbonyl (C=O) groups is 1. The van der Waals surface area contributed by atoms with Crippen molar-refractivity contribution in [3.05, 3.63) is 71.7 Å². The largest absolute Gasteiger partial charge is 0.325 e. The predicted molar refractivity (Wildman–Crippen MR) is 110 cm³/mol. The second-order valence-corrected chi connectivity index (χ2v) is 9.61. The molecule has 2 aliphatic heterocycles. The summed E-state index contributed by atoms with van der Waals surface area (Å²) in [7, 11) is -2.30. The van der Waals surface area contributed by atoms with Crippen LogP contribution in [0.2, 0.25) is 0 Å². The van der Waals surface area contributed by atoms with Gasteiger partial charge in [-0.05, 0) is 42.7 Å². The molecule has 3 aromatic rings. The lowest BCUT2D eigenvalue weighted by Gasteiger charge is -2.33. The molecule has 0 radical (unpaired) electrons. The number of hydrogen-bond donors (Lipinski definition) is 1. The van der Waals surface area contributed by atoms with Gasteiger partial charge in [-0.1, -0.05) is 24.3 Å². The zero-order chi connectivity index (χ0) is 21.1. The second kappa shape index (κ2) is 6.48. The maximum atomic E-state index is 13.7. The van der Waals surface area contributed by atoms with Crippen LogP contribution in [0.4, 0.5) is 5.69 Å². The zero-order valence-corrected chi connectivity index (χ0v) is 17.4. The topological polar surface area (TPSA) is 97.2 Å². The Balaban J connectivity index is 1.73. The van der Waals surface area contributed by atoms with Gasteiger partial charge in [-0.2, -0.15) is 9.40 Å². The maximum Gasteiger partial charge on any atom is 0.260 e. The maximum absolute atomic E-state index is 13.7. The summed E-state index contributed by atoms with van der Waals surface area (Å²) in [5.74, 6) is -0.184. The van der Waals surface area contributed by atoms with Crippen molar-refractivity contribution < 1.29 is 13.2 Å². The minimum atomic E-state index is -3.91. The van der Waals surface area contributed by atoms with Gasteiger partial charge in [0.05, 0.1) is 17.2 Å². The SMILES string of the molecule is Cc1cc(S(=O)(=O)N2CCC3(C(=O)Nc4ccccc43)C2c2cccnc2)n(C)n1. The zero-order valence-electron chi connectivity index (χ0n) is 16.6. The molecule has 2 aromatic heterocycles. The van der Waals surface area contributed by atoms with Crippen LogP contribution in [0.5, 0.6) is 0 Å². The fourth-order valence-corrected chi connectivity index (χ4v) is 6.70. The van der Waals surface area contributed by atoms with Gasteiger partial charge in [-0.25, -0.2) is 8.42 Å². The molecule has 4 heterocycles. The number of nitrogens with one attached hydrogen (secondary N) is 1. The van der Waals surface area contributed by atoms with Crippen molar-refractivity contribution >= 4 is 21.6 Å². The summed E-state index contributed by atoms with van der Waals surface area (Å²) in [6, 6.07) is 11.9. The number of amides is 1. The van der Waals surface area contributed by atoms with E-state index in [0.717, 1.165) is 11.3 Å². The van der Waals surface area contributed by atoms with Crippen LogP contribution in [0, 0.1) is 6.92 Å². The van der Waals surface area contributed by atoms with Crippen LogP contribution < -0.4 is 5.32 Å². The van der Waals surface area contributed by atoms with Crippen LogP contribution in [0.3, 0.4) is 0 Å². The average Bonchev–Trinajstić information content (AvgIpc) is 3.38. The minimum absolute atomic E-state index is 0.109. The molecule has 1 spiro atoms. The van der Waals surface area contributed by atoms with Gasteiger partial charge in [0, 0.05) is 31.7 Å². The first-order valence-electron chi connectivity index (χ1n) is 9.69. The number of fused-ring (bicyclic) bond motifs is 2. The molecule has 8 nitrogen and oxygen atoms in total. The number of rotatable bonds is 3. The Bertz CT molecular complexity index is 1250. The normalized spacial score (nSPS) is 23.7. The van der Waals surface area contributed by atoms with E-state index in [-0.39, 0.29) is 17.5 Å². The van der Waals surface area contributed by atoms with Gasteiger partial charge in [0.1, 0.15) is 0 Å². The molecular weight excluding hydrogens is 402 g/mol. The Kier molecular flexibility index (Phi) is 4.09. The van der Waals surface area contributed by atoms with Gasteiger partial charge in [-0.15, -0.1) is 0 Å². The van der Waals surface area contributed by atoms with Crippen molar-refractivity contribution in [3.8, 4) is 0 Å². The number of sulfonamides is 1. The Hall–Kier alpha value is -3.04. The lowest BCUT2D eigenvalue weighted by molar-refractivity contribution is -0.121. The van der Waals surface area contributed by atoms with E-state index in [2.05, 4.69) is 15.4 Å². The average molecular weight is 423 g/mol. The van der Waals surface area contributed by atoms with Crippen LogP contribution in [0.15, 0.2) is 59.9 Å². The monoisotopic (exact) mass is 423 g/mol. The Morgan fingerprint density at radius 3 is 2.70 bits per heavy atom. The van der Waals surface area contributed by atoms with Crippen LogP contribution in [0.25, 0.3) is 0 Å². The van der Waals surface area contributed by atoms with Gasteiger partial charge < -0.3 is 5.32 Å². The summed E-state index contributed by atoms with van der Waals surface area (Å²) in [6.07, 6.45) is 3.66. The number of aryl methyl sites for hydroxylation is 2. The molecule has 9 heteroatoms. The predicted octanol–water partition coefficient (Wildman–Crippen LogP) is 2.15. The van der Waals surface area contributed by atoms with E-state index in [9.17, 15) is 13.2 Å². The molecule has 2 unspecified atom stereocenters. The molecule has 1 fully saturated rings. The van der Waals surface area contributed by atoms with Crippen LogP contribution in [-0.4, -0.2) is 39.9 Å². The molecule has 1 saturated heterocycles. The van der Waals surface area contributed by atoms with Crippen molar-refractivity contribution in [2.24, 2.45) is 7.05 Å². The van der Waals surface area contributed by atoms with E-state index < -0.39 is 21.5 Å². The van der Waals surface area contributed by atoms with Gasteiger partial charge in [0.25, 0.3) is 10.0 Å². The molecule has 2 aliphatic rings. The Morgan fingerprint density at radius 1 is 1.20 bits per heavy atom. The second-order valence-electron chi connectivity index (χ2n) is 7.77. The highest BCUT2D eigenvalue weighted by Crippen LogP contribution is 2.55. The van der Waals surface area contributed by atoms with E-state index in [0.29, 0.717) is 17.7 Å². The summed E-state index contributed by atoms with van der Waals surface area (Å²) in [4.78, 5) is 17.6. The molecule has 0 bridgehead atoms. The van der Waals surface area contributed by atoms with Crippen molar-refractivity contribution in [3.63, 3.8) is 0 Å². The first-order chi connectivity index (χ1) is 14.4. The number of para-hydroxylation sites is 1. The van der Waals surface area contributed by atoms with Crippen LogP contribution in [0.1, 0.15) is 29.3 Å². The first-order valence-corrected chi connectivity index (χ1v) is 11.1. The van der Waals surface area contributed by atoms with Gasteiger partial charge in [0.15, 0.2) is 5.03 Å². The fourth-order valence-electron chi connectivity index (χ4n) is 4.85. The highest BCUT2D eigenvalue weighted by atomic mass is 32.2. The molecule has 1 N–H and O–H groups in total. The van der Waals surface area contributed by atoms with Crippen LogP contribution in [-0.2, 0) is 27.3 Å². The smallest absolute Gasteiger partial charge is 0.260 e. The molecule has 30 heavy (non-hydrogen) atoms. The number of nitrogens with zero attached hydrogens (tertiary/aromatic N) is 4. The summed E-state index contributed by atoms with van der Waals surface area (Å²) < 4.78 is 30.3. The number of carbonyl (C=O) groups excluding carboxylic acids is 1. The molecule has 0 aliphatic carbocycles. The van der Waals surface area contributed by atoms with E-state index in [1.807, 2.05) is 30.3 Å². The van der Waals surface area contributed by atoms with E-state index in [1.165, 1.54) is 8.99 Å². The van der Waals surface area contributed by atoms with Gasteiger partial charge in [0.2, 0.25) is 5.91 Å². The minimum Gasteiger partial charge on any atom is -0.325 e. The molecule has 2 atom stereocenters. The van der Waals surface area contributed by atoms with Gasteiger partial charge in [-0.3, -0.25) is 14.5 Å². The third-order valence-electron chi connectivity index (χ3n) is 6.07. The van der Waals surface area contributed by atoms with Gasteiger partial charge >= 0.3 is 0 Å². The third kappa shape index (κ3) is 2.48. The number of aromatic nitrogens is 3. The summed E-state index contributed by atoms with van der Waals surface area (Å²) >= 11 is 0. The van der Waals surface area contributed by atoms with Crippen molar-refractivity contribution in [1.82, 2.24) is 19.1 Å². The number of hydrogen-bond acceptors (Lipinski definition) is 5. The Morgan fingerprint density at radius 2 is 2.00 bits per heavy atom. The van der Waals surface area contributed by atoms with Crippen molar-refractivity contribution in [2.45, 2.75) is 29.8 Å². The summed E-state index contributed by atoms with van der Waals surface area (Å²) in [6.45, 7) is 1.97. The lowest BCUT2D eigenvalue weighted by Crippen LogP contribution is -2.43. The molecule has 154 valence electrons. The van der Waals surface area contributed by atoms with E-state index >= 15 is 0 Å². The quantitative estimate of drug-likeness (QED) is 0.696. The lowest BCUT2D eigenvalue weighted by atomic mass is 9.73. The highest BCUT2D eigenvalue weighted by Gasteiger charge is 2.61.